The van der Waals surface area contributed by atoms with Gasteiger partial charge in [-0.15, -0.1) is 0 Å². The first kappa shape index (κ1) is 19.3. The molecule has 0 saturated heterocycles. The highest BCUT2D eigenvalue weighted by Gasteiger charge is 2.51. The predicted octanol–water partition coefficient (Wildman–Crippen LogP) is 7.00. The van der Waals surface area contributed by atoms with Crippen LogP contribution in [0.1, 0.15) is 37.8 Å². The van der Waals surface area contributed by atoms with Gasteiger partial charge >= 0.3 is 0 Å². The van der Waals surface area contributed by atoms with E-state index in [2.05, 4.69) is 81.4 Å². The van der Waals surface area contributed by atoms with Crippen molar-refractivity contribution in [2.45, 2.75) is 39.0 Å². The molecule has 1 aromatic heterocycles. The molecule has 0 amide bonds. The summed E-state index contributed by atoms with van der Waals surface area (Å²) < 4.78 is 9.50. The van der Waals surface area contributed by atoms with Crippen molar-refractivity contribution in [2.24, 2.45) is 5.92 Å². The van der Waals surface area contributed by atoms with E-state index >= 15 is 0 Å². The summed E-state index contributed by atoms with van der Waals surface area (Å²) in [6, 6.07) is 21.7. The summed E-state index contributed by atoms with van der Waals surface area (Å²) in [5.74, 6) is 0.768. The summed E-state index contributed by atoms with van der Waals surface area (Å²) >= 11 is 0. The van der Waals surface area contributed by atoms with E-state index in [1.54, 1.807) is 0 Å². The lowest BCUT2D eigenvalue weighted by Crippen LogP contribution is -2.09. The van der Waals surface area contributed by atoms with E-state index < -0.39 is 0 Å². The lowest BCUT2D eigenvalue weighted by atomic mass is 9.86. The van der Waals surface area contributed by atoms with Crippen molar-refractivity contribution in [3.8, 4) is 22.4 Å². The minimum Gasteiger partial charge on any atom is -0.256 e. The zero-order chi connectivity index (χ0) is 19.4. The zero-order valence-corrected chi connectivity index (χ0v) is 16.7. The highest BCUT2D eigenvalue weighted by atomic mass is 19.1. The number of alkyl halides is 1. The lowest BCUT2D eigenvalue weighted by molar-refractivity contribution is 0.608. The molecule has 0 N–H and O–H groups in total. The first-order valence-electron chi connectivity index (χ1n) is 9.65. The summed E-state index contributed by atoms with van der Waals surface area (Å²) in [4.78, 5) is 4.83. The molecule has 140 valence electrons. The Kier molecular flexibility index (Phi) is 5.74. The van der Waals surface area contributed by atoms with E-state index in [-0.39, 0.29) is 0 Å². The Morgan fingerprint density at radius 1 is 0.963 bits per heavy atom. The second kappa shape index (κ2) is 8.04. The first-order chi connectivity index (χ1) is 13.2. The van der Waals surface area contributed by atoms with E-state index in [1.807, 2.05) is 6.20 Å². The number of pyridine rings is 1. The van der Waals surface area contributed by atoms with Crippen molar-refractivity contribution in [3.63, 3.8) is 0 Å². The molecule has 2 unspecified atom stereocenters. The van der Waals surface area contributed by atoms with Crippen LogP contribution in [-0.2, 0) is 5.41 Å². The molecule has 1 fully saturated rings. The molecule has 0 bridgehead atoms. The molecule has 2 heteroatoms. The normalized spacial score (nSPS) is 20.6. The van der Waals surface area contributed by atoms with Gasteiger partial charge in [0.15, 0.2) is 0 Å². The van der Waals surface area contributed by atoms with Gasteiger partial charge in [0.25, 0.3) is 0 Å². The lowest BCUT2D eigenvalue weighted by Gasteiger charge is -2.19. The number of nitrogens with zero attached hydrogens (tertiary/aromatic N) is 1. The molecular formula is C25H28FN. The van der Waals surface area contributed by atoms with Crippen molar-refractivity contribution < 1.29 is 4.39 Å². The number of aryl methyl sites for hydroxylation is 1. The molecule has 1 saturated carbocycles. The largest absolute Gasteiger partial charge is 0.256 e. The molecule has 1 aliphatic rings. The number of benzene rings is 2. The predicted molar refractivity (Wildman–Crippen MR) is 113 cm³/mol. The first-order valence-corrected chi connectivity index (χ1v) is 9.65. The van der Waals surface area contributed by atoms with Crippen LogP contribution in [0.3, 0.4) is 0 Å². The minimum atomic E-state index is 0.354. The van der Waals surface area contributed by atoms with Gasteiger partial charge in [-0.1, -0.05) is 68.4 Å². The van der Waals surface area contributed by atoms with Gasteiger partial charge in [0.1, 0.15) is 0 Å². The fourth-order valence-electron chi connectivity index (χ4n) is 4.30. The topological polar surface area (TPSA) is 12.9 Å². The van der Waals surface area contributed by atoms with Crippen LogP contribution in [0.5, 0.6) is 0 Å². The van der Waals surface area contributed by atoms with Crippen LogP contribution in [0.15, 0.2) is 66.9 Å². The van der Waals surface area contributed by atoms with E-state index in [0.29, 0.717) is 12.6 Å². The Hall–Kier alpha value is -2.48. The Balaban J connectivity index is 0.00000102. The van der Waals surface area contributed by atoms with Crippen LogP contribution in [0.4, 0.5) is 4.39 Å². The van der Waals surface area contributed by atoms with Gasteiger partial charge in [0, 0.05) is 17.3 Å². The van der Waals surface area contributed by atoms with Gasteiger partial charge in [-0.05, 0) is 53.9 Å². The SMILES string of the molecule is CCC1(c2ccccc2-c2ccc(-c3ccccc3C)cn2)CC1C.CF. The number of aromatic nitrogens is 1. The van der Waals surface area contributed by atoms with Crippen LogP contribution in [0.2, 0.25) is 0 Å². The van der Waals surface area contributed by atoms with Gasteiger partial charge in [-0.3, -0.25) is 9.37 Å². The van der Waals surface area contributed by atoms with Crippen molar-refractivity contribution in [2.75, 3.05) is 7.18 Å². The molecule has 1 nitrogen and oxygen atoms in total. The third-order valence-corrected chi connectivity index (χ3v) is 6.04. The van der Waals surface area contributed by atoms with Gasteiger partial charge in [-0.25, -0.2) is 0 Å². The fourth-order valence-corrected chi connectivity index (χ4v) is 4.30. The van der Waals surface area contributed by atoms with Gasteiger partial charge in [0.2, 0.25) is 0 Å². The molecule has 2 atom stereocenters. The summed E-state index contributed by atoms with van der Waals surface area (Å²) in [5.41, 5.74) is 7.94. The van der Waals surface area contributed by atoms with Gasteiger partial charge in [0.05, 0.1) is 12.9 Å². The van der Waals surface area contributed by atoms with Crippen LogP contribution in [0, 0.1) is 12.8 Å². The second-order valence-corrected chi connectivity index (χ2v) is 7.41. The van der Waals surface area contributed by atoms with Crippen LogP contribution in [0.25, 0.3) is 22.4 Å². The fraction of sp³-hybridized carbons (Fsp3) is 0.320. The van der Waals surface area contributed by atoms with Crippen molar-refractivity contribution in [1.29, 1.82) is 0 Å². The van der Waals surface area contributed by atoms with E-state index in [9.17, 15) is 4.39 Å². The Morgan fingerprint density at radius 3 is 2.15 bits per heavy atom. The highest BCUT2D eigenvalue weighted by Crippen LogP contribution is 2.58. The van der Waals surface area contributed by atoms with Gasteiger partial charge in [-0.2, -0.15) is 0 Å². The van der Waals surface area contributed by atoms with E-state index in [1.165, 1.54) is 40.7 Å². The molecule has 3 aromatic rings. The molecule has 1 heterocycles. The number of hydrogen-bond acceptors (Lipinski definition) is 1. The number of rotatable bonds is 4. The summed E-state index contributed by atoms with van der Waals surface area (Å²) in [6.45, 7) is 6.84. The summed E-state index contributed by atoms with van der Waals surface area (Å²) in [6.07, 6.45) is 4.51. The maximum Gasteiger partial charge on any atom is 0.0785 e. The maximum absolute atomic E-state index is 9.50. The second-order valence-electron chi connectivity index (χ2n) is 7.41. The van der Waals surface area contributed by atoms with Crippen molar-refractivity contribution >= 4 is 0 Å². The molecule has 0 spiro atoms. The molecule has 1 aliphatic carbocycles. The Morgan fingerprint density at radius 2 is 1.59 bits per heavy atom. The molecular weight excluding hydrogens is 333 g/mol. The van der Waals surface area contributed by atoms with Crippen molar-refractivity contribution in [1.82, 2.24) is 4.98 Å². The number of hydrogen-bond donors (Lipinski definition) is 0. The van der Waals surface area contributed by atoms with E-state index in [0.717, 1.165) is 11.6 Å². The Bertz CT molecular complexity index is 896. The average Bonchev–Trinajstić information content (AvgIpc) is 3.41. The third kappa shape index (κ3) is 3.53. The highest BCUT2D eigenvalue weighted by molar-refractivity contribution is 5.71. The molecule has 2 aromatic carbocycles. The Labute approximate surface area is 162 Å². The number of halogens is 1. The minimum absolute atomic E-state index is 0.354. The van der Waals surface area contributed by atoms with Crippen LogP contribution in [-0.4, -0.2) is 12.2 Å². The maximum atomic E-state index is 9.50. The molecule has 27 heavy (non-hydrogen) atoms. The quantitative estimate of drug-likeness (QED) is 0.487. The third-order valence-electron chi connectivity index (χ3n) is 6.04. The standard InChI is InChI=1S/C24H25N.CH3F/c1-4-24(15-18(24)3)22-12-8-7-11-21(22)23-14-13-19(16-25-23)20-10-6-5-9-17(20)2;1-2/h5-14,16,18H,4,15H2,1-3H3;1H3. The summed E-state index contributed by atoms with van der Waals surface area (Å²) in [5, 5.41) is 0. The zero-order valence-electron chi connectivity index (χ0n) is 16.7. The van der Waals surface area contributed by atoms with E-state index in [4.69, 9.17) is 4.98 Å². The molecule has 4 rings (SSSR count). The van der Waals surface area contributed by atoms with Crippen LogP contribution >= 0.6 is 0 Å². The average molecular weight is 362 g/mol. The molecule has 0 aliphatic heterocycles. The molecule has 0 radical (unpaired) electrons. The van der Waals surface area contributed by atoms with Crippen LogP contribution < -0.4 is 0 Å². The smallest absolute Gasteiger partial charge is 0.0785 e. The summed E-state index contributed by atoms with van der Waals surface area (Å²) in [7, 11) is 0.500. The van der Waals surface area contributed by atoms with Crippen molar-refractivity contribution in [3.05, 3.63) is 78.0 Å². The monoisotopic (exact) mass is 361 g/mol. The van der Waals surface area contributed by atoms with Gasteiger partial charge < -0.3 is 0 Å².